The predicted molar refractivity (Wildman–Crippen MR) is 94.4 cm³/mol. The summed E-state index contributed by atoms with van der Waals surface area (Å²) in [6.07, 6.45) is 2.66. The molecule has 134 valence electrons. The molecule has 1 saturated heterocycles. The topological polar surface area (TPSA) is 68.3 Å². The molecule has 3 rings (SSSR count). The molecular formula is C19H25N3O3. The first-order valence-electron chi connectivity index (χ1n) is 9.01. The lowest BCUT2D eigenvalue weighted by Gasteiger charge is -2.37. The zero-order chi connectivity index (χ0) is 18.0. The van der Waals surface area contributed by atoms with E-state index >= 15 is 0 Å². The summed E-state index contributed by atoms with van der Waals surface area (Å²) in [5.74, 6) is 2.15. The number of carbonyl (C=O) groups excluding carboxylic acids is 1. The van der Waals surface area contributed by atoms with Gasteiger partial charge in [-0.1, -0.05) is 13.8 Å². The van der Waals surface area contributed by atoms with Crippen LogP contribution in [0.15, 0.2) is 33.5 Å². The van der Waals surface area contributed by atoms with E-state index in [1.54, 1.807) is 0 Å². The lowest BCUT2D eigenvalue weighted by atomic mass is 9.91. The van der Waals surface area contributed by atoms with Gasteiger partial charge in [0.2, 0.25) is 0 Å². The molecule has 2 aromatic rings. The van der Waals surface area contributed by atoms with E-state index in [1.165, 1.54) is 16.8 Å². The van der Waals surface area contributed by atoms with Crippen LogP contribution >= 0.6 is 0 Å². The van der Waals surface area contributed by atoms with Crippen molar-refractivity contribution in [2.75, 3.05) is 6.54 Å². The summed E-state index contributed by atoms with van der Waals surface area (Å²) in [5.41, 5.74) is 0.116. The van der Waals surface area contributed by atoms with E-state index in [-0.39, 0.29) is 17.5 Å². The van der Waals surface area contributed by atoms with Crippen molar-refractivity contribution in [2.24, 2.45) is 5.92 Å². The normalized spacial score (nSPS) is 20.7. The van der Waals surface area contributed by atoms with Crippen LogP contribution in [-0.4, -0.2) is 27.1 Å². The minimum absolute atomic E-state index is 0.0830. The molecule has 0 spiro atoms. The number of amides is 1. The minimum atomic E-state index is -0.193. The van der Waals surface area contributed by atoms with E-state index in [0.29, 0.717) is 24.7 Å². The largest absolute Gasteiger partial charge is 0.464 e. The van der Waals surface area contributed by atoms with Crippen molar-refractivity contribution >= 4 is 5.91 Å². The summed E-state index contributed by atoms with van der Waals surface area (Å²) in [4.78, 5) is 26.6. The summed E-state index contributed by atoms with van der Waals surface area (Å²) >= 11 is 0. The average Bonchev–Trinajstić information content (AvgIpc) is 3.10. The lowest BCUT2D eigenvalue weighted by molar-refractivity contribution is 0.0510. The van der Waals surface area contributed by atoms with Gasteiger partial charge in [0, 0.05) is 25.6 Å². The van der Waals surface area contributed by atoms with Crippen molar-refractivity contribution in [2.45, 2.75) is 52.6 Å². The third-order valence-corrected chi connectivity index (χ3v) is 4.87. The summed E-state index contributed by atoms with van der Waals surface area (Å²) in [5, 5.41) is 4.22. The van der Waals surface area contributed by atoms with Gasteiger partial charge < -0.3 is 9.32 Å². The Kier molecular flexibility index (Phi) is 5.06. The van der Waals surface area contributed by atoms with Crippen molar-refractivity contribution in [1.82, 2.24) is 14.7 Å². The predicted octanol–water partition coefficient (Wildman–Crippen LogP) is 3.03. The second kappa shape index (κ2) is 7.25. The second-order valence-electron chi connectivity index (χ2n) is 6.67. The number of carbonyl (C=O) groups is 1. The van der Waals surface area contributed by atoms with E-state index in [0.717, 1.165) is 30.8 Å². The quantitative estimate of drug-likeness (QED) is 0.856. The Morgan fingerprint density at radius 2 is 2.08 bits per heavy atom. The van der Waals surface area contributed by atoms with Crippen LogP contribution in [0.1, 0.15) is 61.7 Å². The van der Waals surface area contributed by atoms with Crippen LogP contribution in [0.4, 0.5) is 0 Å². The Morgan fingerprint density at radius 3 is 2.76 bits per heavy atom. The molecule has 25 heavy (non-hydrogen) atoms. The molecule has 0 N–H and O–H groups in total. The molecule has 0 unspecified atom stereocenters. The number of aromatic nitrogens is 2. The van der Waals surface area contributed by atoms with Gasteiger partial charge in [-0.2, -0.15) is 5.10 Å². The Morgan fingerprint density at radius 1 is 1.28 bits per heavy atom. The highest BCUT2D eigenvalue weighted by atomic mass is 16.3. The molecule has 0 radical (unpaired) electrons. The zero-order valence-electron chi connectivity index (χ0n) is 15.1. The van der Waals surface area contributed by atoms with Gasteiger partial charge in [-0.05, 0) is 43.9 Å². The van der Waals surface area contributed by atoms with Gasteiger partial charge in [0.15, 0.2) is 0 Å². The molecule has 0 saturated carbocycles. The highest BCUT2D eigenvalue weighted by molar-refractivity contribution is 5.92. The SMILES string of the molecule is CCc1ccc([C@@H]2C[C@@H](C)CCN2C(=O)c2ccc(=O)n(CC)n2)o1. The Bertz CT molecular complexity index is 808. The van der Waals surface area contributed by atoms with E-state index < -0.39 is 0 Å². The monoisotopic (exact) mass is 343 g/mol. The van der Waals surface area contributed by atoms with Crippen molar-refractivity contribution < 1.29 is 9.21 Å². The van der Waals surface area contributed by atoms with E-state index in [9.17, 15) is 9.59 Å². The minimum Gasteiger partial charge on any atom is -0.464 e. The summed E-state index contributed by atoms with van der Waals surface area (Å²) in [6.45, 7) is 7.20. The second-order valence-corrected chi connectivity index (χ2v) is 6.67. The van der Waals surface area contributed by atoms with Crippen LogP contribution in [-0.2, 0) is 13.0 Å². The summed E-state index contributed by atoms with van der Waals surface area (Å²) < 4.78 is 7.25. The maximum Gasteiger partial charge on any atom is 0.274 e. The fourth-order valence-corrected chi connectivity index (χ4v) is 3.35. The lowest BCUT2D eigenvalue weighted by Crippen LogP contribution is -2.41. The molecule has 6 heteroatoms. The summed E-state index contributed by atoms with van der Waals surface area (Å²) in [6, 6.07) is 6.80. The number of likely N-dealkylation sites (tertiary alicyclic amines) is 1. The van der Waals surface area contributed by atoms with Gasteiger partial charge in [-0.25, -0.2) is 4.68 Å². The molecular weight excluding hydrogens is 318 g/mol. The molecule has 1 aliphatic heterocycles. The van der Waals surface area contributed by atoms with Crippen molar-refractivity contribution in [1.29, 1.82) is 0 Å². The smallest absolute Gasteiger partial charge is 0.274 e. The highest BCUT2D eigenvalue weighted by Gasteiger charge is 2.34. The van der Waals surface area contributed by atoms with Crippen LogP contribution in [0.3, 0.4) is 0 Å². The fraction of sp³-hybridized carbons (Fsp3) is 0.526. The number of rotatable bonds is 4. The van der Waals surface area contributed by atoms with Gasteiger partial charge in [0.1, 0.15) is 17.2 Å². The van der Waals surface area contributed by atoms with E-state index in [4.69, 9.17) is 4.42 Å². The zero-order valence-corrected chi connectivity index (χ0v) is 15.1. The van der Waals surface area contributed by atoms with Crippen LogP contribution in [0, 0.1) is 5.92 Å². The molecule has 6 nitrogen and oxygen atoms in total. The standard InChI is InChI=1S/C19H25N3O3/c1-4-14-6-8-17(25-14)16-12-13(3)10-11-21(16)19(24)15-7-9-18(23)22(5-2)20-15/h6-9,13,16H,4-5,10-12H2,1-3H3/t13-,16-/m0/s1. The maximum absolute atomic E-state index is 13.1. The van der Waals surface area contributed by atoms with Crippen LogP contribution in [0.25, 0.3) is 0 Å². The number of hydrogen-bond acceptors (Lipinski definition) is 4. The number of aryl methyl sites for hydroxylation is 2. The Labute approximate surface area is 147 Å². The Hall–Kier alpha value is -2.37. The van der Waals surface area contributed by atoms with Gasteiger partial charge in [-0.3, -0.25) is 9.59 Å². The number of piperidine rings is 1. The number of furan rings is 1. The van der Waals surface area contributed by atoms with Gasteiger partial charge in [-0.15, -0.1) is 0 Å². The van der Waals surface area contributed by atoms with Gasteiger partial charge in [0.05, 0.1) is 6.04 Å². The van der Waals surface area contributed by atoms with Crippen LogP contribution in [0.2, 0.25) is 0 Å². The summed E-state index contributed by atoms with van der Waals surface area (Å²) in [7, 11) is 0. The highest BCUT2D eigenvalue weighted by Crippen LogP contribution is 2.35. The molecule has 0 aliphatic carbocycles. The number of hydrogen-bond donors (Lipinski definition) is 0. The fourth-order valence-electron chi connectivity index (χ4n) is 3.35. The van der Waals surface area contributed by atoms with E-state index in [1.807, 2.05) is 30.9 Å². The third-order valence-electron chi connectivity index (χ3n) is 4.87. The van der Waals surface area contributed by atoms with Gasteiger partial charge >= 0.3 is 0 Å². The van der Waals surface area contributed by atoms with E-state index in [2.05, 4.69) is 12.0 Å². The van der Waals surface area contributed by atoms with Crippen molar-refractivity contribution in [3.8, 4) is 0 Å². The van der Waals surface area contributed by atoms with Gasteiger partial charge in [0.25, 0.3) is 11.5 Å². The van der Waals surface area contributed by atoms with Crippen molar-refractivity contribution in [3.05, 3.63) is 51.8 Å². The molecule has 2 atom stereocenters. The van der Waals surface area contributed by atoms with Crippen LogP contribution in [0.5, 0.6) is 0 Å². The average molecular weight is 343 g/mol. The molecule has 1 aliphatic rings. The Balaban J connectivity index is 1.92. The molecule has 1 fully saturated rings. The number of nitrogens with zero attached hydrogens (tertiary/aromatic N) is 3. The first-order chi connectivity index (χ1) is 12.0. The molecule has 1 amide bonds. The molecule has 3 heterocycles. The molecule has 0 bridgehead atoms. The maximum atomic E-state index is 13.1. The molecule has 0 aromatic carbocycles. The van der Waals surface area contributed by atoms with Crippen LogP contribution < -0.4 is 5.56 Å². The van der Waals surface area contributed by atoms with Crippen molar-refractivity contribution in [3.63, 3.8) is 0 Å². The first-order valence-corrected chi connectivity index (χ1v) is 9.01. The molecule has 2 aromatic heterocycles. The third kappa shape index (κ3) is 3.52. The first kappa shape index (κ1) is 17.5.